The Morgan fingerprint density at radius 1 is 1.31 bits per heavy atom. The van der Waals surface area contributed by atoms with Crippen LogP contribution in [0.25, 0.3) is 11.2 Å². The van der Waals surface area contributed by atoms with Crippen molar-refractivity contribution < 1.29 is 9.84 Å². The first kappa shape index (κ1) is 17.7. The second-order valence-electron chi connectivity index (χ2n) is 6.10. The number of anilines is 2. The Bertz CT molecular complexity index is 908. The van der Waals surface area contributed by atoms with Crippen LogP contribution in [0, 0.1) is 0 Å². The van der Waals surface area contributed by atoms with Gasteiger partial charge in [0.2, 0.25) is 5.95 Å². The maximum absolute atomic E-state index is 10.2. The number of nitrogens with two attached hydrogens (primary N) is 1. The van der Waals surface area contributed by atoms with Gasteiger partial charge in [0, 0.05) is 31.7 Å². The van der Waals surface area contributed by atoms with Gasteiger partial charge in [0.1, 0.15) is 0 Å². The monoisotopic (exact) mass is 357 g/mol. The van der Waals surface area contributed by atoms with Crippen LogP contribution in [0.5, 0.6) is 11.5 Å². The molecule has 0 amide bonds. The number of methoxy groups -OCH3 is 1. The third-order valence-corrected chi connectivity index (χ3v) is 3.89. The van der Waals surface area contributed by atoms with Crippen molar-refractivity contribution in [3.63, 3.8) is 0 Å². The molecule has 0 spiro atoms. The van der Waals surface area contributed by atoms with Gasteiger partial charge in [0.15, 0.2) is 28.5 Å². The highest BCUT2D eigenvalue weighted by atomic mass is 16.5. The largest absolute Gasteiger partial charge is 0.504 e. The summed E-state index contributed by atoms with van der Waals surface area (Å²) >= 11 is 0. The zero-order valence-electron chi connectivity index (χ0n) is 15.0. The van der Waals surface area contributed by atoms with Gasteiger partial charge in [-0.3, -0.25) is 0 Å². The number of imidazole rings is 1. The molecule has 1 atom stereocenters. The molecule has 0 saturated heterocycles. The lowest BCUT2D eigenvalue weighted by molar-refractivity contribution is 0.371. The molecule has 138 valence electrons. The lowest BCUT2D eigenvalue weighted by atomic mass is 10.2. The van der Waals surface area contributed by atoms with Crippen LogP contribution in [-0.2, 0) is 13.6 Å². The van der Waals surface area contributed by atoms with Crippen molar-refractivity contribution in [3.8, 4) is 11.5 Å². The summed E-state index contributed by atoms with van der Waals surface area (Å²) in [6.45, 7) is 2.82. The fourth-order valence-corrected chi connectivity index (χ4v) is 2.52. The molecule has 0 radical (unpaired) electrons. The van der Waals surface area contributed by atoms with E-state index in [1.165, 1.54) is 7.11 Å². The molecule has 0 aliphatic carbocycles. The summed E-state index contributed by atoms with van der Waals surface area (Å²) in [6, 6.07) is 5.32. The molecule has 0 aliphatic heterocycles. The highest BCUT2D eigenvalue weighted by Gasteiger charge is 2.14. The van der Waals surface area contributed by atoms with Gasteiger partial charge in [0.05, 0.1) is 13.4 Å². The molecule has 9 nitrogen and oxygen atoms in total. The summed E-state index contributed by atoms with van der Waals surface area (Å²) in [5.41, 5.74) is 7.83. The maximum atomic E-state index is 10.2. The van der Waals surface area contributed by atoms with E-state index in [-0.39, 0.29) is 11.8 Å². The number of aromatic hydroxyl groups is 1. The third kappa shape index (κ3) is 3.62. The van der Waals surface area contributed by atoms with Crippen LogP contribution in [0.4, 0.5) is 11.8 Å². The lowest BCUT2D eigenvalue weighted by Crippen LogP contribution is -2.26. The van der Waals surface area contributed by atoms with Gasteiger partial charge in [-0.25, -0.2) is 4.98 Å². The zero-order valence-corrected chi connectivity index (χ0v) is 15.0. The van der Waals surface area contributed by atoms with E-state index in [0.717, 1.165) is 0 Å². The van der Waals surface area contributed by atoms with Gasteiger partial charge in [-0.2, -0.15) is 9.97 Å². The number of hydrogen-bond donors (Lipinski definition) is 4. The predicted molar refractivity (Wildman–Crippen MR) is 100 cm³/mol. The average molecular weight is 357 g/mol. The quantitative estimate of drug-likeness (QED) is 0.501. The maximum Gasteiger partial charge on any atom is 0.226 e. The summed E-state index contributed by atoms with van der Waals surface area (Å²) in [5.74, 6) is 1.57. The summed E-state index contributed by atoms with van der Waals surface area (Å²) < 4.78 is 6.97. The van der Waals surface area contributed by atoms with Crippen molar-refractivity contribution in [2.45, 2.75) is 19.5 Å². The van der Waals surface area contributed by atoms with Gasteiger partial charge in [-0.05, 0) is 13.0 Å². The number of nitrogens with one attached hydrogen (secondary N) is 2. The summed E-state index contributed by atoms with van der Waals surface area (Å²) in [4.78, 5) is 13.3. The Balaban J connectivity index is 1.89. The normalized spacial score (nSPS) is 12.2. The van der Waals surface area contributed by atoms with Gasteiger partial charge in [-0.1, -0.05) is 12.1 Å². The molecule has 2 aromatic heterocycles. The van der Waals surface area contributed by atoms with Crippen molar-refractivity contribution in [1.82, 2.24) is 19.5 Å². The second kappa shape index (κ2) is 7.44. The first-order valence-corrected chi connectivity index (χ1v) is 8.26. The number of phenols is 1. The number of aryl methyl sites for hydroxylation is 1. The van der Waals surface area contributed by atoms with Crippen molar-refractivity contribution in [3.05, 3.63) is 30.1 Å². The van der Waals surface area contributed by atoms with Crippen LogP contribution < -0.4 is 21.1 Å². The minimum absolute atomic E-state index is 0.0222. The first-order valence-electron chi connectivity index (χ1n) is 8.26. The van der Waals surface area contributed by atoms with Crippen molar-refractivity contribution >= 4 is 22.9 Å². The second-order valence-corrected chi connectivity index (χ2v) is 6.10. The molecule has 26 heavy (non-hydrogen) atoms. The van der Waals surface area contributed by atoms with Crippen LogP contribution in [0.3, 0.4) is 0 Å². The number of hydrogen-bond acceptors (Lipinski definition) is 8. The summed E-state index contributed by atoms with van der Waals surface area (Å²) in [7, 11) is 3.39. The van der Waals surface area contributed by atoms with Crippen LogP contribution >= 0.6 is 0 Å². The smallest absolute Gasteiger partial charge is 0.226 e. The van der Waals surface area contributed by atoms with Crippen LogP contribution in [-0.4, -0.2) is 44.3 Å². The van der Waals surface area contributed by atoms with E-state index >= 15 is 0 Å². The molecule has 3 aromatic rings. The molecule has 0 aliphatic rings. The number of benzene rings is 1. The fraction of sp³-hybridized carbons (Fsp3) is 0.353. The number of ether oxygens (including phenoxy) is 1. The van der Waals surface area contributed by atoms with Crippen LogP contribution in [0.2, 0.25) is 0 Å². The Morgan fingerprint density at radius 3 is 2.85 bits per heavy atom. The first-order chi connectivity index (χ1) is 12.5. The molecule has 5 N–H and O–H groups in total. The van der Waals surface area contributed by atoms with E-state index < -0.39 is 0 Å². The van der Waals surface area contributed by atoms with Crippen molar-refractivity contribution in [1.29, 1.82) is 0 Å². The summed E-state index contributed by atoms with van der Waals surface area (Å²) in [5, 5.41) is 16.6. The topological polar surface area (TPSA) is 123 Å². The SMILES string of the molecule is COc1cccc(CNc2nc(NCC(C)N)nc3c2ncn3C)c1O. The fourth-order valence-electron chi connectivity index (χ4n) is 2.52. The van der Waals surface area contributed by atoms with E-state index in [0.29, 0.717) is 47.3 Å². The summed E-state index contributed by atoms with van der Waals surface area (Å²) in [6.07, 6.45) is 1.68. The molecule has 9 heteroatoms. The number of nitrogens with zero attached hydrogens (tertiary/aromatic N) is 4. The predicted octanol–water partition coefficient (Wildman–Crippen LogP) is 1.45. The van der Waals surface area contributed by atoms with Crippen LogP contribution in [0.15, 0.2) is 24.5 Å². The Labute approximate surface area is 151 Å². The van der Waals surface area contributed by atoms with Crippen molar-refractivity contribution in [2.24, 2.45) is 12.8 Å². The zero-order chi connectivity index (χ0) is 18.7. The minimum Gasteiger partial charge on any atom is -0.504 e. The number of para-hydroxylation sites is 1. The lowest BCUT2D eigenvalue weighted by Gasteiger charge is -2.12. The average Bonchev–Trinajstić information content (AvgIpc) is 3.00. The molecular weight excluding hydrogens is 334 g/mol. The minimum atomic E-state index is -0.0222. The molecule has 3 rings (SSSR count). The van der Waals surface area contributed by atoms with E-state index in [4.69, 9.17) is 10.5 Å². The highest BCUT2D eigenvalue weighted by molar-refractivity contribution is 5.84. The van der Waals surface area contributed by atoms with Crippen molar-refractivity contribution in [2.75, 3.05) is 24.3 Å². The molecule has 2 heterocycles. The van der Waals surface area contributed by atoms with E-state index in [1.54, 1.807) is 12.4 Å². The van der Waals surface area contributed by atoms with Crippen LogP contribution in [0.1, 0.15) is 12.5 Å². The highest BCUT2D eigenvalue weighted by Crippen LogP contribution is 2.30. The van der Waals surface area contributed by atoms with E-state index in [2.05, 4.69) is 25.6 Å². The number of rotatable bonds is 7. The standard InChI is InChI=1S/C17H23N7O2/c1-10(18)7-20-17-22-15(13-16(23-17)24(2)9-21-13)19-8-11-5-4-6-12(26-3)14(11)25/h4-6,9-10,25H,7-8,18H2,1-3H3,(H2,19,20,22,23). The van der Waals surface area contributed by atoms with Gasteiger partial charge in [0.25, 0.3) is 0 Å². The Morgan fingerprint density at radius 2 is 2.12 bits per heavy atom. The van der Waals surface area contributed by atoms with E-state index in [1.807, 2.05) is 30.7 Å². The number of aromatic nitrogens is 4. The van der Waals surface area contributed by atoms with Gasteiger partial charge < -0.3 is 30.8 Å². The number of phenolic OH excluding ortho intramolecular Hbond substituents is 1. The van der Waals surface area contributed by atoms with Gasteiger partial charge >= 0.3 is 0 Å². The third-order valence-electron chi connectivity index (χ3n) is 3.89. The Hall–Kier alpha value is -3.07. The van der Waals surface area contributed by atoms with Gasteiger partial charge in [-0.15, -0.1) is 0 Å². The van der Waals surface area contributed by atoms with E-state index in [9.17, 15) is 5.11 Å². The molecule has 0 bridgehead atoms. The molecule has 0 fully saturated rings. The molecular formula is C17H23N7O2. The molecule has 1 unspecified atom stereocenters. The Kier molecular flexibility index (Phi) is 5.08. The number of fused-ring (bicyclic) bond motifs is 1. The molecule has 0 saturated carbocycles. The molecule has 1 aromatic carbocycles.